The van der Waals surface area contributed by atoms with Crippen LogP contribution in [0.1, 0.15) is 41.9 Å². The van der Waals surface area contributed by atoms with Crippen LogP contribution in [-0.2, 0) is 4.79 Å². The molecule has 0 radical (unpaired) electrons. The van der Waals surface area contributed by atoms with Gasteiger partial charge in [0.25, 0.3) is 5.91 Å². The number of fused-ring (bicyclic) bond motifs is 3. The van der Waals surface area contributed by atoms with Crippen LogP contribution in [0.2, 0.25) is 0 Å². The third kappa shape index (κ3) is 4.24. The lowest BCUT2D eigenvalue weighted by atomic mass is 10.1. The number of nitrogens with one attached hydrogen (secondary N) is 1. The smallest absolute Gasteiger partial charge is 0.269 e. The van der Waals surface area contributed by atoms with Gasteiger partial charge in [0, 0.05) is 51.3 Å². The van der Waals surface area contributed by atoms with Crippen LogP contribution in [0, 0.1) is 12.8 Å². The van der Waals surface area contributed by atoms with E-state index in [1.807, 2.05) is 21.2 Å². The van der Waals surface area contributed by atoms with Crippen LogP contribution in [0.4, 0.5) is 11.4 Å². The van der Waals surface area contributed by atoms with Crippen molar-refractivity contribution >= 4 is 40.4 Å². The Morgan fingerprint density at radius 3 is 2.74 bits per heavy atom. The van der Waals surface area contributed by atoms with E-state index in [1.165, 1.54) is 22.6 Å². The molecule has 1 fully saturated rings. The van der Waals surface area contributed by atoms with Crippen molar-refractivity contribution in [1.29, 1.82) is 0 Å². The molecule has 0 spiro atoms. The molecular weight excluding hydrogens is 448 g/mol. The minimum Gasteiger partial charge on any atom is -0.368 e. The van der Waals surface area contributed by atoms with Crippen molar-refractivity contribution in [2.75, 3.05) is 42.5 Å². The lowest BCUT2D eigenvalue weighted by Gasteiger charge is -2.40. The minimum absolute atomic E-state index is 0.0476. The van der Waals surface area contributed by atoms with Crippen LogP contribution < -0.4 is 15.2 Å². The average Bonchev–Trinajstić information content (AvgIpc) is 3.47. The van der Waals surface area contributed by atoms with Crippen molar-refractivity contribution in [2.45, 2.75) is 39.9 Å². The second kappa shape index (κ2) is 9.29. The summed E-state index contributed by atoms with van der Waals surface area (Å²) >= 11 is 1.47. The van der Waals surface area contributed by atoms with Crippen molar-refractivity contribution in [3.8, 4) is 0 Å². The number of carbonyl (C=O) groups is 2. The van der Waals surface area contributed by atoms with Crippen LogP contribution in [0.5, 0.6) is 0 Å². The Morgan fingerprint density at radius 2 is 2.00 bits per heavy atom. The van der Waals surface area contributed by atoms with Gasteiger partial charge in [-0.2, -0.15) is 5.10 Å². The van der Waals surface area contributed by atoms with Gasteiger partial charge in [-0.3, -0.25) is 24.8 Å². The molecule has 1 saturated heterocycles. The maximum atomic E-state index is 13.0. The lowest BCUT2D eigenvalue weighted by molar-refractivity contribution is -0.131. The lowest BCUT2D eigenvalue weighted by Crippen LogP contribution is -2.59. The standard InChI is InChI=1S/C25H32N6O2S/c1-17(2)16-30-24(33)23-20(9-14-34-23)31-21(26-27-25(30)31)7-8-22(32)29-12-10-28(11-13-29)19-6-4-5-18(3)15-19/h4-6,9,14-15,17,25,27H,7-8,10-13,16H2,1-3H3. The molecule has 0 saturated carbocycles. The summed E-state index contributed by atoms with van der Waals surface area (Å²) in [5.41, 5.74) is 6.51. The molecule has 2 amide bonds. The van der Waals surface area contributed by atoms with Gasteiger partial charge < -0.3 is 9.80 Å². The van der Waals surface area contributed by atoms with Gasteiger partial charge in [-0.05, 0) is 42.0 Å². The summed E-state index contributed by atoms with van der Waals surface area (Å²) in [6.07, 6.45) is 0.630. The summed E-state index contributed by atoms with van der Waals surface area (Å²) in [6.45, 7) is 10.1. The predicted molar refractivity (Wildman–Crippen MR) is 136 cm³/mol. The van der Waals surface area contributed by atoms with Crippen LogP contribution in [0.15, 0.2) is 40.8 Å². The zero-order chi connectivity index (χ0) is 23.8. The number of benzene rings is 1. The third-order valence-electron chi connectivity index (χ3n) is 6.61. The summed E-state index contributed by atoms with van der Waals surface area (Å²) in [6, 6.07) is 10.5. The van der Waals surface area contributed by atoms with Gasteiger partial charge in [-0.1, -0.05) is 26.0 Å². The van der Waals surface area contributed by atoms with Crippen molar-refractivity contribution in [2.24, 2.45) is 11.0 Å². The number of amidine groups is 1. The summed E-state index contributed by atoms with van der Waals surface area (Å²) in [4.78, 5) is 35.1. The largest absolute Gasteiger partial charge is 0.368 e. The zero-order valence-corrected chi connectivity index (χ0v) is 20.8. The zero-order valence-electron chi connectivity index (χ0n) is 20.0. The Bertz CT molecular complexity index is 1100. The highest BCUT2D eigenvalue weighted by Crippen LogP contribution is 2.37. The van der Waals surface area contributed by atoms with Gasteiger partial charge in [-0.25, -0.2) is 0 Å². The van der Waals surface area contributed by atoms with E-state index in [0.717, 1.165) is 42.6 Å². The number of rotatable bonds is 6. The molecule has 0 aliphatic carbocycles. The number of hydrogen-bond acceptors (Lipinski definition) is 7. The monoisotopic (exact) mass is 480 g/mol. The Labute approximate surface area is 204 Å². The van der Waals surface area contributed by atoms with Gasteiger partial charge in [-0.15, -0.1) is 11.3 Å². The van der Waals surface area contributed by atoms with E-state index in [4.69, 9.17) is 0 Å². The molecule has 1 aromatic heterocycles. The average molecular weight is 481 g/mol. The van der Waals surface area contributed by atoms with Crippen molar-refractivity contribution in [3.63, 3.8) is 0 Å². The second-order valence-corrected chi connectivity index (χ2v) is 10.5. The first kappa shape index (κ1) is 22.7. The Morgan fingerprint density at radius 1 is 1.21 bits per heavy atom. The molecule has 1 aromatic carbocycles. The Kier molecular flexibility index (Phi) is 6.20. The van der Waals surface area contributed by atoms with E-state index in [-0.39, 0.29) is 18.1 Å². The highest BCUT2D eigenvalue weighted by molar-refractivity contribution is 7.12. The highest BCUT2D eigenvalue weighted by Gasteiger charge is 2.43. The van der Waals surface area contributed by atoms with Crippen molar-refractivity contribution < 1.29 is 9.59 Å². The first-order chi connectivity index (χ1) is 16.4. The molecule has 1 N–H and O–H groups in total. The fourth-order valence-electron chi connectivity index (χ4n) is 4.93. The van der Waals surface area contributed by atoms with Crippen LogP contribution in [-0.4, -0.2) is 66.5 Å². The van der Waals surface area contributed by atoms with Gasteiger partial charge in [0.05, 0.1) is 5.69 Å². The number of amides is 2. The molecule has 5 rings (SSSR count). The van der Waals surface area contributed by atoms with Gasteiger partial charge in [0.2, 0.25) is 12.2 Å². The fourth-order valence-corrected chi connectivity index (χ4v) is 5.76. The number of hydrogen-bond donors (Lipinski definition) is 1. The summed E-state index contributed by atoms with van der Waals surface area (Å²) < 4.78 is 0. The Hall–Kier alpha value is -3.07. The molecule has 180 valence electrons. The molecule has 8 nitrogen and oxygen atoms in total. The minimum atomic E-state index is -0.319. The number of carbonyl (C=O) groups excluding carboxylic acids is 2. The molecular formula is C25H32N6O2S. The van der Waals surface area contributed by atoms with Gasteiger partial charge in [0.1, 0.15) is 10.7 Å². The van der Waals surface area contributed by atoms with Gasteiger partial charge in [0.15, 0.2) is 0 Å². The molecule has 34 heavy (non-hydrogen) atoms. The van der Waals surface area contributed by atoms with E-state index in [0.29, 0.717) is 25.3 Å². The molecule has 3 aliphatic heterocycles. The van der Waals surface area contributed by atoms with E-state index < -0.39 is 0 Å². The molecule has 1 unspecified atom stereocenters. The first-order valence-corrected chi connectivity index (χ1v) is 12.9. The predicted octanol–water partition coefficient (Wildman–Crippen LogP) is 3.30. The number of hydrazone groups is 1. The normalized spacial score (nSPS) is 19.8. The SMILES string of the molecule is Cc1cccc(N2CCN(C(=O)CCC3=NNC4N(CC(C)C)C(=O)c5sccc5N34)CC2)c1. The molecule has 1 atom stereocenters. The first-order valence-electron chi connectivity index (χ1n) is 12.0. The molecule has 9 heteroatoms. The Balaban J connectivity index is 1.20. The number of anilines is 2. The molecule has 0 bridgehead atoms. The number of thiophene rings is 1. The highest BCUT2D eigenvalue weighted by atomic mass is 32.1. The topological polar surface area (TPSA) is 71.5 Å². The summed E-state index contributed by atoms with van der Waals surface area (Å²) in [5.74, 6) is 1.37. The van der Waals surface area contributed by atoms with Crippen molar-refractivity contribution in [3.05, 3.63) is 46.2 Å². The van der Waals surface area contributed by atoms with Gasteiger partial charge >= 0.3 is 0 Å². The van der Waals surface area contributed by atoms with E-state index in [9.17, 15) is 9.59 Å². The summed E-state index contributed by atoms with van der Waals surface area (Å²) in [7, 11) is 0. The third-order valence-corrected chi connectivity index (χ3v) is 7.50. The fraction of sp³-hybridized carbons (Fsp3) is 0.480. The quantitative estimate of drug-likeness (QED) is 0.687. The van der Waals surface area contributed by atoms with E-state index >= 15 is 0 Å². The molecule has 3 aliphatic rings. The van der Waals surface area contributed by atoms with E-state index in [1.54, 1.807) is 0 Å². The van der Waals surface area contributed by atoms with Crippen LogP contribution >= 0.6 is 11.3 Å². The second-order valence-electron chi connectivity index (χ2n) is 9.59. The molecule has 4 heterocycles. The maximum Gasteiger partial charge on any atom is 0.269 e. The number of piperazine rings is 1. The maximum absolute atomic E-state index is 13.0. The van der Waals surface area contributed by atoms with E-state index in [2.05, 4.69) is 65.4 Å². The van der Waals surface area contributed by atoms with Crippen LogP contribution in [0.3, 0.4) is 0 Å². The molecule has 2 aromatic rings. The number of aryl methyl sites for hydroxylation is 1. The summed E-state index contributed by atoms with van der Waals surface area (Å²) in [5, 5.41) is 6.50. The van der Waals surface area contributed by atoms with Crippen LogP contribution in [0.25, 0.3) is 0 Å². The number of nitrogens with zero attached hydrogens (tertiary/aromatic N) is 5. The van der Waals surface area contributed by atoms with Crippen molar-refractivity contribution in [1.82, 2.24) is 15.2 Å².